The summed E-state index contributed by atoms with van der Waals surface area (Å²) in [6.07, 6.45) is 12.6. The number of fused-ring (bicyclic) bond motifs is 1. The molecule has 0 spiro atoms. The van der Waals surface area contributed by atoms with Crippen molar-refractivity contribution in [2.24, 2.45) is 5.92 Å². The average molecular weight is 380 g/mol. The smallest absolute Gasteiger partial charge is 0.123 e. The van der Waals surface area contributed by atoms with Gasteiger partial charge in [0.2, 0.25) is 0 Å². The molecule has 0 bridgehead atoms. The highest BCUT2D eigenvalue weighted by atomic mass is 15.3. The van der Waals surface area contributed by atoms with E-state index in [4.69, 9.17) is 0 Å². The predicted octanol–water partition coefficient (Wildman–Crippen LogP) is 2.47. The summed E-state index contributed by atoms with van der Waals surface area (Å²) in [5.41, 5.74) is 2.23. The lowest BCUT2D eigenvalue weighted by atomic mass is 9.88. The van der Waals surface area contributed by atoms with Gasteiger partial charge in [0.15, 0.2) is 0 Å². The van der Waals surface area contributed by atoms with Crippen molar-refractivity contribution in [3.8, 4) is 5.69 Å². The van der Waals surface area contributed by atoms with Crippen molar-refractivity contribution in [3.05, 3.63) is 37.1 Å². The van der Waals surface area contributed by atoms with Gasteiger partial charge in [-0.15, -0.1) is 10.2 Å². The van der Waals surface area contributed by atoms with Crippen molar-refractivity contribution in [1.29, 1.82) is 0 Å². The van der Waals surface area contributed by atoms with Crippen LogP contribution < -0.4 is 5.32 Å². The van der Waals surface area contributed by atoms with Crippen LogP contribution in [0.2, 0.25) is 0 Å². The van der Waals surface area contributed by atoms with Crippen LogP contribution in [0.4, 0.5) is 0 Å². The van der Waals surface area contributed by atoms with Crippen molar-refractivity contribution >= 4 is 10.9 Å². The molecule has 1 saturated carbocycles. The van der Waals surface area contributed by atoms with Gasteiger partial charge in [-0.1, -0.05) is 19.3 Å². The van der Waals surface area contributed by atoms with E-state index in [1.165, 1.54) is 50.6 Å². The van der Waals surface area contributed by atoms with Crippen molar-refractivity contribution in [2.45, 2.75) is 44.7 Å². The second-order valence-electron chi connectivity index (χ2n) is 8.35. The van der Waals surface area contributed by atoms with E-state index in [0.717, 1.165) is 36.8 Å². The Bertz CT molecular complexity index is 895. The van der Waals surface area contributed by atoms with Gasteiger partial charge in [-0.05, 0) is 37.0 Å². The van der Waals surface area contributed by atoms with E-state index in [1.807, 2.05) is 10.8 Å². The molecular weight excluding hydrogens is 350 g/mol. The van der Waals surface area contributed by atoms with E-state index >= 15 is 0 Å². The van der Waals surface area contributed by atoms with Crippen molar-refractivity contribution in [3.63, 3.8) is 0 Å². The van der Waals surface area contributed by atoms with Gasteiger partial charge in [0.25, 0.3) is 0 Å². The van der Waals surface area contributed by atoms with Crippen LogP contribution in [0.3, 0.4) is 0 Å². The number of hydrogen-bond donors (Lipinski definition) is 1. The summed E-state index contributed by atoms with van der Waals surface area (Å²) in [5, 5.41) is 17.4. The zero-order valence-electron chi connectivity index (χ0n) is 16.4. The lowest BCUT2D eigenvalue weighted by Crippen LogP contribution is -2.53. The number of nitrogens with one attached hydrogen (secondary N) is 1. The molecule has 1 aliphatic heterocycles. The number of piperazine rings is 1. The molecule has 3 heterocycles. The van der Waals surface area contributed by atoms with Gasteiger partial charge in [0.05, 0.1) is 23.9 Å². The Morgan fingerprint density at radius 3 is 2.75 bits per heavy atom. The van der Waals surface area contributed by atoms with Gasteiger partial charge in [0, 0.05) is 37.6 Å². The maximum Gasteiger partial charge on any atom is 0.123 e. The van der Waals surface area contributed by atoms with Crippen LogP contribution in [0, 0.1) is 5.92 Å². The van der Waals surface area contributed by atoms with Crippen molar-refractivity contribution in [2.75, 3.05) is 26.2 Å². The van der Waals surface area contributed by atoms with E-state index in [9.17, 15) is 0 Å². The molecule has 5 rings (SSSR count). The number of hydrogen-bond acceptors (Lipinski definition) is 5. The third kappa shape index (κ3) is 3.82. The Balaban J connectivity index is 1.28. The van der Waals surface area contributed by atoms with Crippen LogP contribution >= 0.6 is 0 Å². The Labute approximate surface area is 165 Å². The first-order valence-corrected chi connectivity index (χ1v) is 10.6. The SMILES string of the molecule is c1cc2cnn(CC3CN(CC4CCCCC4)CCN3)c2cc1-n1cnnc1. The number of benzene rings is 1. The number of rotatable bonds is 5. The van der Waals surface area contributed by atoms with Gasteiger partial charge >= 0.3 is 0 Å². The molecule has 1 aliphatic carbocycles. The predicted molar refractivity (Wildman–Crippen MR) is 109 cm³/mol. The fourth-order valence-corrected chi connectivity index (χ4v) is 4.83. The van der Waals surface area contributed by atoms with E-state index in [-0.39, 0.29) is 0 Å². The zero-order chi connectivity index (χ0) is 18.8. The van der Waals surface area contributed by atoms with Crippen molar-refractivity contribution in [1.82, 2.24) is 34.8 Å². The molecule has 1 saturated heterocycles. The summed E-state index contributed by atoms with van der Waals surface area (Å²) in [4.78, 5) is 2.67. The Kier molecular flexibility index (Phi) is 5.10. The Morgan fingerprint density at radius 2 is 1.89 bits per heavy atom. The third-order valence-corrected chi connectivity index (χ3v) is 6.32. The van der Waals surface area contributed by atoms with Crippen LogP contribution in [0.15, 0.2) is 37.1 Å². The quantitative estimate of drug-likeness (QED) is 0.738. The molecular formula is C21H29N7. The lowest BCUT2D eigenvalue weighted by Gasteiger charge is -2.36. The largest absolute Gasteiger partial charge is 0.310 e. The van der Waals surface area contributed by atoms with Crippen LogP contribution in [0.25, 0.3) is 16.6 Å². The summed E-state index contributed by atoms with van der Waals surface area (Å²) in [5.74, 6) is 0.907. The minimum Gasteiger partial charge on any atom is -0.310 e. The molecule has 1 unspecified atom stereocenters. The van der Waals surface area contributed by atoms with Crippen LogP contribution in [0.5, 0.6) is 0 Å². The Morgan fingerprint density at radius 1 is 1.04 bits per heavy atom. The molecule has 3 aromatic rings. The van der Waals surface area contributed by atoms with E-state index in [1.54, 1.807) is 12.7 Å². The second kappa shape index (κ2) is 8.01. The average Bonchev–Trinajstić information content (AvgIpc) is 3.39. The summed E-state index contributed by atoms with van der Waals surface area (Å²) in [6.45, 7) is 5.53. The Hall–Kier alpha value is -2.25. The number of aromatic nitrogens is 5. The van der Waals surface area contributed by atoms with Crippen LogP contribution in [-0.2, 0) is 6.54 Å². The van der Waals surface area contributed by atoms with Crippen LogP contribution in [0.1, 0.15) is 32.1 Å². The van der Waals surface area contributed by atoms with Gasteiger partial charge in [0.1, 0.15) is 12.7 Å². The molecule has 2 fully saturated rings. The summed E-state index contributed by atoms with van der Waals surface area (Å²) >= 11 is 0. The molecule has 2 aliphatic rings. The zero-order valence-corrected chi connectivity index (χ0v) is 16.4. The standard InChI is InChI=1S/C21H29N7/c1-2-4-17(5-3-1)12-26-9-8-22-19(13-26)14-28-21-10-20(27-15-23-24-16-27)7-6-18(21)11-25-28/h6-7,10-11,15-17,19,22H,1-5,8-9,12-14H2. The van der Waals surface area contributed by atoms with E-state index < -0.39 is 0 Å². The first-order chi connectivity index (χ1) is 13.8. The van der Waals surface area contributed by atoms with Crippen molar-refractivity contribution < 1.29 is 0 Å². The molecule has 0 radical (unpaired) electrons. The second-order valence-corrected chi connectivity index (χ2v) is 8.35. The molecule has 148 valence electrons. The molecule has 1 aromatic carbocycles. The highest BCUT2D eigenvalue weighted by Gasteiger charge is 2.24. The van der Waals surface area contributed by atoms with Gasteiger partial charge < -0.3 is 10.2 Å². The highest BCUT2D eigenvalue weighted by Crippen LogP contribution is 2.25. The molecule has 0 amide bonds. The van der Waals surface area contributed by atoms with E-state index in [2.05, 4.69) is 48.4 Å². The molecule has 2 aromatic heterocycles. The van der Waals surface area contributed by atoms with Gasteiger partial charge in [-0.3, -0.25) is 9.25 Å². The molecule has 28 heavy (non-hydrogen) atoms. The first-order valence-electron chi connectivity index (χ1n) is 10.6. The molecule has 7 nitrogen and oxygen atoms in total. The minimum atomic E-state index is 0.444. The lowest BCUT2D eigenvalue weighted by molar-refractivity contribution is 0.149. The maximum absolute atomic E-state index is 4.67. The summed E-state index contributed by atoms with van der Waals surface area (Å²) in [6, 6.07) is 6.83. The fourth-order valence-electron chi connectivity index (χ4n) is 4.83. The topological polar surface area (TPSA) is 63.8 Å². The highest BCUT2D eigenvalue weighted by molar-refractivity contribution is 5.80. The van der Waals surface area contributed by atoms with Gasteiger partial charge in [-0.25, -0.2) is 0 Å². The monoisotopic (exact) mass is 379 g/mol. The van der Waals surface area contributed by atoms with E-state index in [0.29, 0.717) is 6.04 Å². The summed E-state index contributed by atoms with van der Waals surface area (Å²) < 4.78 is 4.08. The normalized spacial score (nSPS) is 22.1. The van der Waals surface area contributed by atoms with Gasteiger partial charge in [-0.2, -0.15) is 5.10 Å². The fraction of sp³-hybridized carbons (Fsp3) is 0.571. The first kappa shape index (κ1) is 17.8. The molecule has 1 N–H and O–H groups in total. The summed E-state index contributed by atoms with van der Waals surface area (Å²) in [7, 11) is 0. The molecule has 1 atom stereocenters. The molecule has 7 heteroatoms. The third-order valence-electron chi connectivity index (χ3n) is 6.32. The van der Waals surface area contributed by atoms with Crippen LogP contribution in [-0.4, -0.2) is 61.7 Å². The minimum absolute atomic E-state index is 0.444. The number of nitrogens with zero attached hydrogens (tertiary/aromatic N) is 6. The maximum atomic E-state index is 4.67.